The summed E-state index contributed by atoms with van der Waals surface area (Å²) in [7, 11) is 0. The lowest BCUT2D eigenvalue weighted by atomic mass is 10.2. The van der Waals surface area contributed by atoms with Crippen molar-refractivity contribution in [2.75, 3.05) is 13.1 Å². The Morgan fingerprint density at radius 2 is 1.84 bits per heavy atom. The normalized spacial score (nSPS) is 10.2. The summed E-state index contributed by atoms with van der Waals surface area (Å²) < 4.78 is 1.16. The fourth-order valence-electron chi connectivity index (χ4n) is 2.28. The van der Waals surface area contributed by atoms with Gasteiger partial charge in [-0.05, 0) is 12.1 Å². The third kappa shape index (κ3) is 4.48. The number of halogens is 2. The number of amides is 1. The number of benzene rings is 1. The van der Waals surface area contributed by atoms with E-state index in [9.17, 15) is 9.59 Å². The minimum Gasteiger partial charge on any atom is -0.339 e. The van der Waals surface area contributed by atoms with Gasteiger partial charge in [-0.15, -0.1) is 0 Å². The summed E-state index contributed by atoms with van der Waals surface area (Å²) in [6.45, 7) is 0.150. The van der Waals surface area contributed by atoms with E-state index in [-0.39, 0.29) is 48.8 Å². The molecule has 0 saturated carbocycles. The van der Waals surface area contributed by atoms with Gasteiger partial charge in [0.25, 0.3) is 5.56 Å². The Morgan fingerprint density at radius 3 is 2.44 bits per heavy atom. The van der Waals surface area contributed by atoms with Crippen LogP contribution in [-0.4, -0.2) is 33.4 Å². The third-order valence-corrected chi connectivity index (χ3v) is 4.00. The molecule has 9 heteroatoms. The smallest absolute Gasteiger partial charge is 0.261 e. The van der Waals surface area contributed by atoms with Crippen molar-refractivity contribution in [3.8, 4) is 12.1 Å². The second kappa shape index (κ2) is 8.48. The highest BCUT2D eigenvalue weighted by atomic mass is 35.5. The van der Waals surface area contributed by atoms with Crippen LogP contribution >= 0.6 is 23.2 Å². The van der Waals surface area contributed by atoms with Crippen LogP contribution in [0, 0.1) is 22.7 Å². The van der Waals surface area contributed by atoms with Gasteiger partial charge in [0.2, 0.25) is 5.91 Å². The minimum absolute atomic E-state index is 0.146. The summed E-state index contributed by atoms with van der Waals surface area (Å²) in [5.41, 5.74) is -0.131. The van der Waals surface area contributed by atoms with E-state index in [4.69, 9.17) is 33.7 Å². The number of fused-ring (bicyclic) bond motifs is 1. The predicted molar refractivity (Wildman–Crippen MR) is 93.1 cm³/mol. The van der Waals surface area contributed by atoms with Crippen LogP contribution in [0.3, 0.4) is 0 Å². The molecular formula is C16H13Cl2N5O2. The Hall–Kier alpha value is -2.61. The van der Waals surface area contributed by atoms with Gasteiger partial charge in [0.15, 0.2) is 0 Å². The molecule has 0 aliphatic rings. The summed E-state index contributed by atoms with van der Waals surface area (Å²) in [4.78, 5) is 30.5. The number of carbonyl (C=O) groups excluding carboxylic acids is 1. The Bertz CT molecular complexity index is 924. The molecule has 128 valence electrons. The van der Waals surface area contributed by atoms with Crippen LogP contribution in [0.5, 0.6) is 0 Å². The SMILES string of the molecule is N#CCCN(CCC#N)C(=O)Cn1cnc2c(Cl)cc(Cl)cc2c1=O. The van der Waals surface area contributed by atoms with Crippen molar-refractivity contribution < 1.29 is 4.79 Å². The highest BCUT2D eigenvalue weighted by Gasteiger charge is 2.16. The first kappa shape index (κ1) is 18.7. The first-order chi connectivity index (χ1) is 12.0. The zero-order valence-electron chi connectivity index (χ0n) is 13.1. The van der Waals surface area contributed by atoms with E-state index in [1.165, 1.54) is 23.4 Å². The summed E-state index contributed by atoms with van der Waals surface area (Å²) in [5.74, 6) is -0.373. The quantitative estimate of drug-likeness (QED) is 0.768. The van der Waals surface area contributed by atoms with Crippen molar-refractivity contribution in [1.29, 1.82) is 10.5 Å². The lowest BCUT2D eigenvalue weighted by Gasteiger charge is -2.20. The molecule has 25 heavy (non-hydrogen) atoms. The Morgan fingerprint density at radius 1 is 1.20 bits per heavy atom. The summed E-state index contributed by atoms with van der Waals surface area (Å²) in [6.07, 6.45) is 1.54. The average molecular weight is 378 g/mol. The van der Waals surface area contributed by atoms with Crippen LogP contribution in [0.1, 0.15) is 12.8 Å². The van der Waals surface area contributed by atoms with E-state index >= 15 is 0 Å². The summed E-state index contributed by atoms with van der Waals surface area (Å²) in [6, 6.07) is 6.84. The number of hydrogen-bond acceptors (Lipinski definition) is 5. The van der Waals surface area contributed by atoms with Crippen LogP contribution in [0.4, 0.5) is 0 Å². The molecule has 1 heterocycles. The molecule has 1 aromatic carbocycles. The first-order valence-corrected chi connectivity index (χ1v) is 8.09. The monoisotopic (exact) mass is 377 g/mol. The number of rotatable bonds is 6. The van der Waals surface area contributed by atoms with Crippen molar-refractivity contribution in [1.82, 2.24) is 14.5 Å². The van der Waals surface area contributed by atoms with Gasteiger partial charge in [0.05, 0.1) is 47.2 Å². The maximum absolute atomic E-state index is 12.5. The molecule has 7 nitrogen and oxygen atoms in total. The van der Waals surface area contributed by atoms with Crippen molar-refractivity contribution in [3.63, 3.8) is 0 Å². The second-order valence-corrected chi connectivity index (χ2v) is 6.00. The molecule has 0 atom stereocenters. The van der Waals surface area contributed by atoms with Gasteiger partial charge >= 0.3 is 0 Å². The Kier molecular flexibility index (Phi) is 6.35. The van der Waals surface area contributed by atoms with Crippen molar-refractivity contribution >= 4 is 40.0 Å². The van der Waals surface area contributed by atoms with Gasteiger partial charge in [0, 0.05) is 18.1 Å². The summed E-state index contributed by atoms with van der Waals surface area (Å²) >= 11 is 11.9. The number of aromatic nitrogens is 2. The highest BCUT2D eigenvalue weighted by Crippen LogP contribution is 2.23. The average Bonchev–Trinajstić information content (AvgIpc) is 2.57. The first-order valence-electron chi connectivity index (χ1n) is 7.33. The molecule has 0 saturated heterocycles. The van der Waals surface area contributed by atoms with Gasteiger partial charge in [0.1, 0.15) is 6.54 Å². The van der Waals surface area contributed by atoms with Gasteiger partial charge < -0.3 is 4.90 Å². The zero-order chi connectivity index (χ0) is 18.4. The van der Waals surface area contributed by atoms with Crippen molar-refractivity contribution in [2.24, 2.45) is 0 Å². The Labute approximate surface area is 153 Å². The molecule has 0 unspecified atom stereocenters. The van der Waals surface area contributed by atoms with Gasteiger partial charge in [-0.2, -0.15) is 10.5 Å². The number of carbonyl (C=O) groups is 1. The lowest BCUT2D eigenvalue weighted by Crippen LogP contribution is -2.37. The van der Waals surface area contributed by atoms with Gasteiger partial charge in [-0.1, -0.05) is 23.2 Å². The van der Waals surface area contributed by atoms with E-state index in [1.807, 2.05) is 12.1 Å². The standard InChI is InChI=1S/C16H13Cl2N5O2/c17-11-7-12-15(13(18)8-11)21-10-23(16(12)25)9-14(24)22(5-1-3-19)6-2-4-20/h7-8,10H,1-2,5-6,9H2. The van der Waals surface area contributed by atoms with E-state index in [2.05, 4.69) is 4.98 Å². The third-order valence-electron chi connectivity index (χ3n) is 3.49. The fourth-order valence-corrected chi connectivity index (χ4v) is 2.83. The minimum atomic E-state index is -0.441. The maximum atomic E-state index is 12.5. The zero-order valence-corrected chi connectivity index (χ0v) is 14.6. The molecule has 2 aromatic rings. The van der Waals surface area contributed by atoms with Gasteiger partial charge in [-0.25, -0.2) is 4.98 Å². The van der Waals surface area contributed by atoms with Crippen LogP contribution in [0.2, 0.25) is 10.0 Å². The lowest BCUT2D eigenvalue weighted by molar-refractivity contribution is -0.131. The molecule has 0 aliphatic heterocycles. The van der Waals surface area contributed by atoms with E-state index in [1.54, 1.807) is 0 Å². The molecule has 0 fully saturated rings. The molecule has 0 aliphatic carbocycles. The van der Waals surface area contributed by atoms with E-state index < -0.39 is 5.56 Å². The fraction of sp³-hybridized carbons (Fsp3) is 0.312. The molecule has 0 radical (unpaired) electrons. The number of hydrogen-bond donors (Lipinski definition) is 0. The molecule has 0 spiro atoms. The number of nitrogens with zero attached hydrogens (tertiary/aromatic N) is 5. The highest BCUT2D eigenvalue weighted by molar-refractivity contribution is 6.38. The summed E-state index contributed by atoms with van der Waals surface area (Å²) in [5, 5.41) is 18.1. The van der Waals surface area contributed by atoms with Crippen LogP contribution < -0.4 is 5.56 Å². The van der Waals surface area contributed by atoms with Crippen LogP contribution in [0.25, 0.3) is 10.9 Å². The Balaban J connectivity index is 2.31. The van der Waals surface area contributed by atoms with Crippen LogP contribution in [-0.2, 0) is 11.3 Å². The molecule has 0 N–H and O–H groups in total. The predicted octanol–water partition coefficient (Wildman–Crippen LogP) is 2.36. The van der Waals surface area contributed by atoms with Crippen LogP contribution in [0.15, 0.2) is 23.3 Å². The van der Waals surface area contributed by atoms with Crippen molar-refractivity contribution in [3.05, 3.63) is 38.9 Å². The van der Waals surface area contributed by atoms with Gasteiger partial charge in [-0.3, -0.25) is 14.2 Å². The number of nitriles is 2. The largest absolute Gasteiger partial charge is 0.339 e. The maximum Gasteiger partial charge on any atom is 0.261 e. The molecule has 1 amide bonds. The van der Waals surface area contributed by atoms with Crippen molar-refractivity contribution in [2.45, 2.75) is 19.4 Å². The topological polar surface area (TPSA) is 103 Å². The van der Waals surface area contributed by atoms with E-state index in [0.29, 0.717) is 10.5 Å². The second-order valence-electron chi connectivity index (χ2n) is 5.16. The van der Waals surface area contributed by atoms with E-state index in [0.717, 1.165) is 4.57 Å². The molecule has 2 rings (SSSR count). The molecular weight excluding hydrogens is 365 g/mol. The molecule has 1 aromatic heterocycles. The molecule has 0 bridgehead atoms.